The lowest BCUT2D eigenvalue weighted by Gasteiger charge is -2.30. The van der Waals surface area contributed by atoms with E-state index in [9.17, 15) is 0 Å². The lowest BCUT2D eigenvalue weighted by Crippen LogP contribution is -2.32. The first-order valence-electron chi connectivity index (χ1n) is 6.65. The smallest absolute Gasteiger partial charge is 0.0465 e. The SMILES string of the molecule is CC(C)N(CCCO)c1ccc(N)c2ccncc12. The minimum atomic E-state index is 0.203. The maximum Gasteiger partial charge on any atom is 0.0465 e. The van der Waals surface area contributed by atoms with E-state index >= 15 is 0 Å². The zero-order valence-electron chi connectivity index (χ0n) is 11.5. The molecule has 0 aliphatic heterocycles. The Hall–Kier alpha value is -1.81. The number of fused-ring (bicyclic) bond motifs is 1. The Kier molecular flexibility index (Phi) is 4.22. The quantitative estimate of drug-likeness (QED) is 0.809. The highest BCUT2D eigenvalue weighted by atomic mass is 16.3. The molecule has 2 rings (SSSR count). The van der Waals surface area contributed by atoms with Crippen molar-refractivity contribution in [1.29, 1.82) is 0 Å². The third-order valence-electron chi connectivity index (χ3n) is 3.32. The van der Waals surface area contributed by atoms with E-state index in [2.05, 4.69) is 23.7 Å². The van der Waals surface area contributed by atoms with Crippen LogP contribution in [0, 0.1) is 0 Å². The standard InChI is InChI=1S/C15H21N3O/c1-11(2)18(8-3-9-19)15-5-4-14(16)12-6-7-17-10-13(12)15/h4-7,10-11,19H,3,8-9,16H2,1-2H3. The second kappa shape index (κ2) is 5.89. The number of aliphatic hydroxyl groups is 1. The van der Waals surface area contributed by atoms with Crippen LogP contribution in [0.3, 0.4) is 0 Å². The molecule has 102 valence electrons. The van der Waals surface area contributed by atoms with E-state index < -0.39 is 0 Å². The molecule has 0 fully saturated rings. The van der Waals surface area contributed by atoms with Gasteiger partial charge in [0, 0.05) is 53.7 Å². The molecule has 0 saturated heterocycles. The summed E-state index contributed by atoms with van der Waals surface area (Å²) in [5.74, 6) is 0. The third-order valence-corrected chi connectivity index (χ3v) is 3.32. The fraction of sp³-hybridized carbons (Fsp3) is 0.400. The van der Waals surface area contributed by atoms with Crippen LogP contribution in [0.4, 0.5) is 11.4 Å². The normalized spacial score (nSPS) is 11.2. The summed E-state index contributed by atoms with van der Waals surface area (Å²) in [5, 5.41) is 11.1. The fourth-order valence-electron chi connectivity index (χ4n) is 2.35. The van der Waals surface area contributed by atoms with Gasteiger partial charge in [0.1, 0.15) is 0 Å². The Bertz CT molecular complexity index is 554. The second-order valence-corrected chi connectivity index (χ2v) is 4.96. The third kappa shape index (κ3) is 2.79. The highest BCUT2D eigenvalue weighted by molar-refractivity contribution is 6.00. The maximum atomic E-state index is 9.04. The highest BCUT2D eigenvalue weighted by Gasteiger charge is 2.14. The molecule has 0 unspecified atom stereocenters. The predicted octanol–water partition coefficient (Wildman–Crippen LogP) is 2.41. The number of nitrogens with zero attached hydrogens (tertiary/aromatic N) is 2. The molecule has 0 aliphatic carbocycles. The molecule has 1 aromatic heterocycles. The minimum absolute atomic E-state index is 0.203. The van der Waals surface area contributed by atoms with Crippen LogP contribution in [0.2, 0.25) is 0 Å². The van der Waals surface area contributed by atoms with Gasteiger partial charge in [-0.25, -0.2) is 0 Å². The van der Waals surface area contributed by atoms with Gasteiger partial charge in [0.2, 0.25) is 0 Å². The fourth-order valence-corrected chi connectivity index (χ4v) is 2.35. The van der Waals surface area contributed by atoms with Crippen molar-refractivity contribution < 1.29 is 5.11 Å². The molecule has 3 N–H and O–H groups in total. The molecule has 0 spiro atoms. The topological polar surface area (TPSA) is 62.4 Å². The van der Waals surface area contributed by atoms with Gasteiger partial charge in [0.05, 0.1) is 0 Å². The zero-order chi connectivity index (χ0) is 13.8. The molecule has 0 amide bonds. The molecule has 0 radical (unpaired) electrons. The van der Waals surface area contributed by atoms with E-state index in [1.165, 1.54) is 0 Å². The van der Waals surface area contributed by atoms with Crippen LogP contribution in [0.25, 0.3) is 10.8 Å². The maximum absolute atomic E-state index is 9.04. The lowest BCUT2D eigenvalue weighted by atomic mass is 10.1. The highest BCUT2D eigenvalue weighted by Crippen LogP contribution is 2.31. The van der Waals surface area contributed by atoms with Crippen molar-refractivity contribution in [2.45, 2.75) is 26.3 Å². The number of pyridine rings is 1. The lowest BCUT2D eigenvalue weighted by molar-refractivity contribution is 0.288. The van der Waals surface area contributed by atoms with Crippen LogP contribution >= 0.6 is 0 Å². The molecular formula is C15H21N3O. The first-order valence-corrected chi connectivity index (χ1v) is 6.65. The Morgan fingerprint density at radius 3 is 2.74 bits per heavy atom. The molecular weight excluding hydrogens is 238 g/mol. The molecule has 0 aliphatic rings. The van der Waals surface area contributed by atoms with Crippen molar-refractivity contribution in [3.8, 4) is 0 Å². The molecule has 4 heteroatoms. The largest absolute Gasteiger partial charge is 0.398 e. The predicted molar refractivity (Wildman–Crippen MR) is 80.3 cm³/mol. The summed E-state index contributed by atoms with van der Waals surface area (Å²) in [4.78, 5) is 6.48. The van der Waals surface area contributed by atoms with Crippen molar-refractivity contribution in [2.75, 3.05) is 23.8 Å². The van der Waals surface area contributed by atoms with Crippen molar-refractivity contribution in [3.63, 3.8) is 0 Å². The van der Waals surface area contributed by atoms with Crippen molar-refractivity contribution in [3.05, 3.63) is 30.6 Å². The molecule has 1 aromatic carbocycles. The van der Waals surface area contributed by atoms with Gasteiger partial charge in [-0.15, -0.1) is 0 Å². The zero-order valence-corrected chi connectivity index (χ0v) is 11.5. The monoisotopic (exact) mass is 259 g/mol. The first-order chi connectivity index (χ1) is 9.15. The van der Waals surface area contributed by atoms with Gasteiger partial charge in [-0.05, 0) is 38.5 Å². The molecule has 0 saturated carbocycles. The van der Waals surface area contributed by atoms with Gasteiger partial charge in [0.15, 0.2) is 0 Å². The van der Waals surface area contributed by atoms with Crippen molar-refractivity contribution in [1.82, 2.24) is 4.98 Å². The van der Waals surface area contributed by atoms with E-state index in [-0.39, 0.29) is 6.61 Å². The Morgan fingerprint density at radius 1 is 1.26 bits per heavy atom. The van der Waals surface area contributed by atoms with Gasteiger partial charge in [-0.3, -0.25) is 4.98 Å². The summed E-state index contributed by atoms with van der Waals surface area (Å²) in [6.45, 7) is 5.32. The molecule has 4 nitrogen and oxygen atoms in total. The molecule has 0 bridgehead atoms. The Balaban J connectivity index is 2.50. The molecule has 19 heavy (non-hydrogen) atoms. The number of rotatable bonds is 5. The van der Waals surface area contributed by atoms with Gasteiger partial charge >= 0.3 is 0 Å². The Morgan fingerprint density at radius 2 is 2.05 bits per heavy atom. The molecule has 2 aromatic rings. The summed E-state index contributed by atoms with van der Waals surface area (Å²) < 4.78 is 0. The summed E-state index contributed by atoms with van der Waals surface area (Å²) in [7, 11) is 0. The Labute approximate surface area is 113 Å². The van der Waals surface area contributed by atoms with Crippen LogP contribution in [0.5, 0.6) is 0 Å². The molecule has 0 atom stereocenters. The number of hydrogen-bond donors (Lipinski definition) is 2. The average Bonchev–Trinajstić information content (AvgIpc) is 2.41. The van der Waals surface area contributed by atoms with Crippen molar-refractivity contribution >= 4 is 22.1 Å². The van der Waals surface area contributed by atoms with E-state index in [0.29, 0.717) is 6.04 Å². The number of hydrogen-bond acceptors (Lipinski definition) is 4. The number of anilines is 2. The van der Waals surface area contributed by atoms with Crippen molar-refractivity contribution in [2.24, 2.45) is 0 Å². The van der Waals surface area contributed by atoms with Gasteiger partial charge < -0.3 is 15.7 Å². The van der Waals surface area contributed by atoms with Crippen LogP contribution in [-0.4, -0.2) is 29.3 Å². The van der Waals surface area contributed by atoms with E-state index in [0.717, 1.165) is 35.1 Å². The van der Waals surface area contributed by atoms with E-state index in [1.54, 1.807) is 6.20 Å². The number of benzene rings is 1. The summed E-state index contributed by atoms with van der Waals surface area (Å²) in [5.41, 5.74) is 7.91. The van der Waals surface area contributed by atoms with E-state index in [4.69, 9.17) is 10.8 Å². The molecule has 1 heterocycles. The van der Waals surface area contributed by atoms with Gasteiger partial charge in [-0.1, -0.05) is 0 Å². The van der Waals surface area contributed by atoms with Gasteiger partial charge in [0.25, 0.3) is 0 Å². The minimum Gasteiger partial charge on any atom is -0.398 e. The van der Waals surface area contributed by atoms with Crippen LogP contribution in [0.15, 0.2) is 30.6 Å². The summed E-state index contributed by atoms with van der Waals surface area (Å²) >= 11 is 0. The first kappa shape index (κ1) is 13.6. The van der Waals surface area contributed by atoms with Gasteiger partial charge in [-0.2, -0.15) is 0 Å². The second-order valence-electron chi connectivity index (χ2n) is 4.96. The summed E-state index contributed by atoms with van der Waals surface area (Å²) in [6.07, 6.45) is 4.37. The van der Waals surface area contributed by atoms with Crippen LogP contribution in [0.1, 0.15) is 20.3 Å². The number of nitrogens with two attached hydrogens (primary N) is 1. The van der Waals surface area contributed by atoms with Crippen LogP contribution in [-0.2, 0) is 0 Å². The number of aliphatic hydroxyl groups excluding tert-OH is 1. The van der Waals surface area contributed by atoms with Crippen LogP contribution < -0.4 is 10.6 Å². The number of aromatic nitrogens is 1. The average molecular weight is 259 g/mol. The van der Waals surface area contributed by atoms with E-state index in [1.807, 2.05) is 24.4 Å². The summed E-state index contributed by atoms with van der Waals surface area (Å²) in [6, 6.07) is 6.28. The number of nitrogen functional groups attached to an aromatic ring is 1.